The van der Waals surface area contributed by atoms with E-state index in [9.17, 15) is 9.18 Å². The van der Waals surface area contributed by atoms with Crippen molar-refractivity contribution < 1.29 is 13.9 Å². The smallest absolute Gasteiger partial charge is 0.317 e. The average Bonchev–Trinajstić information content (AvgIpc) is 3.50. The molecule has 6 rings (SSSR count). The van der Waals surface area contributed by atoms with Crippen molar-refractivity contribution in [2.75, 3.05) is 23.3 Å². The highest BCUT2D eigenvalue weighted by atomic mass is 19.1. The number of piperazine rings is 1. The first-order valence-electron chi connectivity index (χ1n) is 13.1. The van der Waals surface area contributed by atoms with Crippen LogP contribution >= 0.6 is 0 Å². The van der Waals surface area contributed by atoms with Crippen molar-refractivity contribution in [2.45, 2.75) is 32.5 Å². The zero-order valence-electron chi connectivity index (χ0n) is 22.7. The second kappa shape index (κ2) is 10.2. The Balaban J connectivity index is 1.37. The van der Waals surface area contributed by atoms with E-state index in [0.29, 0.717) is 34.2 Å². The number of fused-ring (bicyclic) bond motifs is 2. The molecule has 11 nitrogen and oxygen atoms in total. The summed E-state index contributed by atoms with van der Waals surface area (Å²) < 4.78 is 23.8. The summed E-state index contributed by atoms with van der Waals surface area (Å²) in [5.41, 5.74) is 3.01. The number of nitrogens with zero attached hydrogens (tertiary/aromatic N) is 7. The zero-order chi connectivity index (χ0) is 28.0. The molecule has 5 aromatic rings. The summed E-state index contributed by atoms with van der Waals surface area (Å²) in [5, 5.41) is 16.2. The number of ether oxygens (including phenoxy) is 1. The summed E-state index contributed by atoms with van der Waals surface area (Å²) in [6.07, 6.45) is 5.23. The van der Waals surface area contributed by atoms with Crippen LogP contribution in [0.25, 0.3) is 21.8 Å². The molecule has 3 aromatic heterocycles. The third kappa shape index (κ3) is 5.05. The van der Waals surface area contributed by atoms with Crippen LogP contribution < -0.4 is 20.3 Å². The van der Waals surface area contributed by atoms with E-state index in [4.69, 9.17) is 4.74 Å². The third-order valence-electron chi connectivity index (χ3n) is 6.90. The van der Waals surface area contributed by atoms with Gasteiger partial charge in [-0.05, 0) is 44.2 Å². The van der Waals surface area contributed by atoms with Gasteiger partial charge in [0, 0.05) is 80.0 Å². The maximum absolute atomic E-state index is 14.7. The molecule has 2 aromatic carbocycles. The lowest BCUT2D eigenvalue weighted by atomic mass is 10.0. The highest BCUT2D eigenvalue weighted by molar-refractivity contribution is 6.14. The van der Waals surface area contributed by atoms with E-state index in [-0.39, 0.29) is 18.1 Å². The lowest BCUT2D eigenvalue weighted by molar-refractivity contribution is 0.102. The fourth-order valence-electron chi connectivity index (χ4n) is 5.30. The molecule has 12 heteroatoms. The van der Waals surface area contributed by atoms with Crippen LogP contribution in [0.1, 0.15) is 29.9 Å². The number of aryl methyl sites for hydroxylation is 2. The van der Waals surface area contributed by atoms with E-state index in [0.717, 1.165) is 29.9 Å². The predicted molar refractivity (Wildman–Crippen MR) is 150 cm³/mol. The summed E-state index contributed by atoms with van der Waals surface area (Å²) in [4.78, 5) is 25.0. The van der Waals surface area contributed by atoms with Crippen molar-refractivity contribution in [2.24, 2.45) is 14.1 Å². The number of benzene rings is 2. The van der Waals surface area contributed by atoms with Gasteiger partial charge in [-0.25, -0.2) is 9.37 Å². The highest BCUT2D eigenvalue weighted by Gasteiger charge is 2.25. The molecular formula is C28H30FN9O2. The number of hydrogen-bond donors (Lipinski definition) is 2. The van der Waals surface area contributed by atoms with E-state index >= 15 is 0 Å². The molecule has 0 radical (unpaired) electrons. The lowest BCUT2D eigenvalue weighted by Gasteiger charge is -2.38. The van der Waals surface area contributed by atoms with Crippen LogP contribution in [0.4, 0.5) is 15.8 Å². The first-order valence-corrected chi connectivity index (χ1v) is 13.1. The van der Waals surface area contributed by atoms with Gasteiger partial charge < -0.3 is 20.3 Å². The topological polar surface area (TPSA) is 115 Å². The number of carbonyl (C=O) groups is 1. The number of amides is 1. The molecule has 1 amide bonds. The molecule has 0 spiro atoms. The normalized spacial score (nSPS) is 17.5. The molecule has 1 saturated heterocycles. The van der Waals surface area contributed by atoms with Crippen LogP contribution in [0.3, 0.4) is 0 Å². The van der Waals surface area contributed by atoms with Crippen molar-refractivity contribution in [1.82, 2.24) is 34.8 Å². The van der Waals surface area contributed by atoms with Crippen LogP contribution in [0.15, 0.2) is 48.9 Å². The Morgan fingerprint density at radius 1 is 1.10 bits per heavy atom. The molecule has 0 unspecified atom stereocenters. The minimum Gasteiger partial charge on any atom is -0.457 e. The summed E-state index contributed by atoms with van der Waals surface area (Å²) in [5.74, 6) is -0.932. The Labute approximate surface area is 230 Å². The Bertz CT molecular complexity index is 1720. The van der Waals surface area contributed by atoms with E-state index in [2.05, 4.69) is 49.5 Å². The van der Waals surface area contributed by atoms with Gasteiger partial charge in [0.2, 0.25) is 0 Å². The second-order valence-corrected chi connectivity index (χ2v) is 10.3. The SMILES string of the molecule is C[C@@H]1CN(c2ccc(C(=O)Nc3cc(F)c4nn(C)cc4c3)c3nc(OCc4ccn(C)n4)ncc23)C[C@@H](C)N1. The first kappa shape index (κ1) is 25.7. The van der Waals surface area contributed by atoms with Crippen LogP contribution in [0.2, 0.25) is 0 Å². The fourth-order valence-corrected chi connectivity index (χ4v) is 5.30. The first-order chi connectivity index (χ1) is 19.2. The van der Waals surface area contributed by atoms with Gasteiger partial charge in [-0.1, -0.05) is 0 Å². The molecular weight excluding hydrogens is 513 g/mol. The molecule has 40 heavy (non-hydrogen) atoms. The van der Waals surface area contributed by atoms with Crippen LogP contribution in [-0.2, 0) is 20.7 Å². The highest BCUT2D eigenvalue weighted by Crippen LogP contribution is 2.31. The van der Waals surface area contributed by atoms with Gasteiger partial charge in [0.15, 0.2) is 5.82 Å². The molecule has 0 bridgehead atoms. The number of rotatable bonds is 6. The molecule has 0 saturated carbocycles. The Morgan fingerprint density at radius 3 is 2.65 bits per heavy atom. The van der Waals surface area contributed by atoms with E-state index in [1.807, 2.05) is 25.4 Å². The maximum Gasteiger partial charge on any atom is 0.317 e. The molecule has 206 valence electrons. The fraction of sp³-hybridized carbons (Fsp3) is 0.321. The third-order valence-corrected chi connectivity index (χ3v) is 6.90. The van der Waals surface area contributed by atoms with Crippen molar-refractivity contribution in [3.8, 4) is 6.01 Å². The zero-order valence-corrected chi connectivity index (χ0v) is 22.7. The molecule has 2 atom stereocenters. The van der Waals surface area contributed by atoms with Gasteiger partial charge in [0.1, 0.15) is 12.1 Å². The van der Waals surface area contributed by atoms with Crippen LogP contribution in [0, 0.1) is 5.82 Å². The number of carbonyl (C=O) groups excluding carboxylic acids is 1. The number of nitrogens with one attached hydrogen (secondary N) is 2. The Morgan fingerprint density at radius 2 is 1.90 bits per heavy atom. The van der Waals surface area contributed by atoms with Crippen molar-refractivity contribution in [3.05, 3.63) is 66.0 Å². The number of halogens is 1. The minimum atomic E-state index is -0.511. The quantitative estimate of drug-likeness (QED) is 0.335. The van der Waals surface area contributed by atoms with E-state index in [1.165, 1.54) is 10.7 Å². The number of anilines is 2. The van der Waals surface area contributed by atoms with Gasteiger partial charge in [-0.3, -0.25) is 14.2 Å². The Kier molecular flexibility index (Phi) is 6.54. The summed E-state index contributed by atoms with van der Waals surface area (Å²) in [6, 6.07) is 9.20. The monoisotopic (exact) mass is 543 g/mol. The van der Waals surface area contributed by atoms with Gasteiger partial charge in [0.05, 0.1) is 16.8 Å². The van der Waals surface area contributed by atoms with E-state index < -0.39 is 11.7 Å². The van der Waals surface area contributed by atoms with Crippen LogP contribution in [0.5, 0.6) is 6.01 Å². The number of aromatic nitrogens is 6. The van der Waals surface area contributed by atoms with Crippen LogP contribution in [-0.4, -0.2) is 60.6 Å². The lowest BCUT2D eigenvalue weighted by Crippen LogP contribution is -2.54. The molecule has 1 aliphatic rings. The van der Waals surface area contributed by atoms with Gasteiger partial charge >= 0.3 is 6.01 Å². The molecule has 2 N–H and O–H groups in total. The maximum atomic E-state index is 14.7. The molecule has 1 fully saturated rings. The van der Waals surface area contributed by atoms with Crippen molar-refractivity contribution >= 4 is 39.1 Å². The standard InChI is InChI=1S/C28H30FN9O2/c1-16-12-38(13-17(2)31-16)24-6-5-21(27(39)32-20-9-18-14-37(4)35-25(18)23(29)10-20)26-22(24)11-30-28(33-26)40-15-19-7-8-36(3)34-19/h5-11,14,16-17,31H,12-13,15H2,1-4H3,(H,32,39)/t16-,17-/m1/s1. The van der Waals surface area contributed by atoms with Gasteiger partial charge in [0.25, 0.3) is 5.91 Å². The summed E-state index contributed by atoms with van der Waals surface area (Å²) >= 11 is 0. The molecule has 0 aliphatic carbocycles. The van der Waals surface area contributed by atoms with Gasteiger partial charge in [-0.15, -0.1) is 0 Å². The molecule has 1 aliphatic heterocycles. The molecule has 4 heterocycles. The predicted octanol–water partition coefficient (Wildman–Crippen LogP) is 3.41. The average molecular weight is 544 g/mol. The Hall–Kier alpha value is -4.58. The van der Waals surface area contributed by atoms with Crippen molar-refractivity contribution in [1.29, 1.82) is 0 Å². The van der Waals surface area contributed by atoms with Gasteiger partial charge in [-0.2, -0.15) is 15.2 Å². The van der Waals surface area contributed by atoms with E-state index in [1.54, 1.807) is 36.3 Å². The largest absolute Gasteiger partial charge is 0.457 e. The summed E-state index contributed by atoms with van der Waals surface area (Å²) in [6.45, 7) is 6.07. The van der Waals surface area contributed by atoms with Crippen molar-refractivity contribution in [3.63, 3.8) is 0 Å². The second-order valence-electron chi connectivity index (χ2n) is 10.3. The minimum absolute atomic E-state index is 0.134. The summed E-state index contributed by atoms with van der Waals surface area (Å²) in [7, 11) is 3.55. The number of hydrogen-bond acceptors (Lipinski definition) is 8.